The molecule has 0 aliphatic rings. The Kier molecular flexibility index (Phi) is 4.11. The normalized spacial score (nSPS) is 11.8. The van der Waals surface area contributed by atoms with Crippen molar-refractivity contribution in [2.75, 3.05) is 4.72 Å². The van der Waals surface area contributed by atoms with E-state index in [0.717, 1.165) is 5.56 Å². The van der Waals surface area contributed by atoms with Gasteiger partial charge in [0, 0.05) is 25.6 Å². The number of sulfonamides is 1. The first-order chi connectivity index (χ1) is 13.2. The highest BCUT2D eigenvalue weighted by atomic mass is 32.2. The third-order valence-corrected chi connectivity index (χ3v) is 5.78. The van der Waals surface area contributed by atoms with E-state index >= 15 is 0 Å². The number of nitrogens with one attached hydrogen (secondary N) is 1. The molecule has 0 amide bonds. The summed E-state index contributed by atoms with van der Waals surface area (Å²) in [5.74, 6) is 0.710. The Hall–Kier alpha value is -3.33. The number of aryl methyl sites for hydroxylation is 3. The van der Waals surface area contributed by atoms with E-state index in [2.05, 4.69) is 9.71 Å². The Bertz CT molecular complexity index is 1340. The smallest absolute Gasteiger partial charge is 0.419 e. The van der Waals surface area contributed by atoms with Crippen LogP contribution in [0.2, 0.25) is 0 Å². The molecular formula is C19H17N3O5S. The van der Waals surface area contributed by atoms with Gasteiger partial charge in [-0.15, -0.1) is 0 Å². The Morgan fingerprint density at radius 2 is 1.75 bits per heavy atom. The van der Waals surface area contributed by atoms with E-state index in [1.807, 2.05) is 0 Å². The third kappa shape index (κ3) is 3.09. The summed E-state index contributed by atoms with van der Waals surface area (Å²) in [6.45, 7) is 3.56. The van der Waals surface area contributed by atoms with Crippen molar-refractivity contribution in [1.82, 2.24) is 9.55 Å². The average molecular weight is 399 g/mol. The first-order valence-electron chi connectivity index (χ1n) is 8.41. The van der Waals surface area contributed by atoms with Gasteiger partial charge in [0.15, 0.2) is 11.5 Å². The minimum atomic E-state index is -3.81. The van der Waals surface area contributed by atoms with Crippen molar-refractivity contribution in [3.8, 4) is 11.3 Å². The van der Waals surface area contributed by atoms with Crippen LogP contribution in [0.25, 0.3) is 22.4 Å². The number of hydrogen-bond acceptors (Lipinski definition) is 6. The maximum absolute atomic E-state index is 12.7. The largest absolute Gasteiger partial charge is 0.446 e. The standard InChI is InChI=1S/C19H17N3O5S/c1-11-18(20-12(2)26-11)13-4-7-15(8-5-13)28(24,25)21-14-6-9-16-17(10-14)27-19(23)22(16)3/h4-10,21H,1-3H3. The molecule has 0 fully saturated rings. The number of rotatable bonds is 4. The van der Waals surface area contributed by atoms with Crippen LogP contribution in [-0.4, -0.2) is 18.0 Å². The molecule has 0 radical (unpaired) electrons. The number of fused-ring (bicyclic) bond motifs is 1. The molecule has 0 atom stereocenters. The van der Waals surface area contributed by atoms with Gasteiger partial charge < -0.3 is 8.83 Å². The summed E-state index contributed by atoms with van der Waals surface area (Å²) in [6, 6.07) is 11.0. The summed E-state index contributed by atoms with van der Waals surface area (Å²) >= 11 is 0. The van der Waals surface area contributed by atoms with Gasteiger partial charge in [0.1, 0.15) is 11.5 Å². The molecule has 4 aromatic rings. The molecule has 1 N–H and O–H groups in total. The Morgan fingerprint density at radius 3 is 2.39 bits per heavy atom. The molecule has 0 bridgehead atoms. The van der Waals surface area contributed by atoms with Gasteiger partial charge in [-0.25, -0.2) is 18.2 Å². The third-order valence-electron chi connectivity index (χ3n) is 4.39. The predicted molar refractivity (Wildman–Crippen MR) is 104 cm³/mol. The first kappa shape index (κ1) is 18.1. The molecule has 2 aromatic carbocycles. The molecular weight excluding hydrogens is 382 g/mol. The molecule has 4 rings (SSSR count). The molecule has 0 unspecified atom stereocenters. The number of aromatic nitrogens is 2. The highest BCUT2D eigenvalue weighted by molar-refractivity contribution is 7.92. The van der Waals surface area contributed by atoms with E-state index in [1.165, 1.54) is 22.8 Å². The zero-order valence-electron chi connectivity index (χ0n) is 15.4. The lowest BCUT2D eigenvalue weighted by Gasteiger charge is -2.08. The van der Waals surface area contributed by atoms with Gasteiger partial charge in [0.05, 0.1) is 16.1 Å². The molecule has 0 aliphatic heterocycles. The van der Waals surface area contributed by atoms with Crippen LogP contribution in [0, 0.1) is 13.8 Å². The van der Waals surface area contributed by atoms with Crippen molar-refractivity contribution in [3.63, 3.8) is 0 Å². The van der Waals surface area contributed by atoms with Crippen LogP contribution in [0.5, 0.6) is 0 Å². The molecule has 0 spiro atoms. The second-order valence-corrected chi connectivity index (χ2v) is 8.06. The number of nitrogens with zero attached hydrogens (tertiary/aromatic N) is 2. The Morgan fingerprint density at radius 1 is 1.04 bits per heavy atom. The van der Waals surface area contributed by atoms with E-state index in [0.29, 0.717) is 34.1 Å². The van der Waals surface area contributed by atoms with Gasteiger partial charge >= 0.3 is 5.76 Å². The Balaban J connectivity index is 1.63. The lowest BCUT2D eigenvalue weighted by Crippen LogP contribution is -2.12. The molecule has 0 saturated heterocycles. The molecule has 0 saturated carbocycles. The van der Waals surface area contributed by atoms with E-state index in [4.69, 9.17) is 8.83 Å². The van der Waals surface area contributed by atoms with Crippen LogP contribution >= 0.6 is 0 Å². The molecule has 2 aromatic heterocycles. The van der Waals surface area contributed by atoms with Crippen molar-refractivity contribution in [2.24, 2.45) is 7.05 Å². The van der Waals surface area contributed by atoms with E-state index < -0.39 is 15.8 Å². The van der Waals surface area contributed by atoms with Crippen LogP contribution in [-0.2, 0) is 17.1 Å². The zero-order valence-corrected chi connectivity index (χ0v) is 16.2. The van der Waals surface area contributed by atoms with Gasteiger partial charge in [-0.1, -0.05) is 12.1 Å². The summed E-state index contributed by atoms with van der Waals surface area (Å²) in [5, 5.41) is 0. The summed E-state index contributed by atoms with van der Waals surface area (Å²) in [4.78, 5) is 16.0. The lowest BCUT2D eigenvalue weighted by atomic mass is 10.1. The quantitative estimate of drug-likeness (QED) is 0.565. The van der Waals surface area contributed by atoms with E-state index in [9.17, 15) is 13.2 Å². The van der Waals surface area contributed by atoms with Crippen LogP contribution < -0.4 is 10.5 Å². The molecule has 144 valence electrons. The van der Waals surface area contributed by atoms with E-state index in [1.54, 1.807) is 45.2 Å². The monoisotopic (exact) mass is 399 g/mol. The minimum Gasteiger partial charge on any atom is -0.446 e. The highest BCUT2D eigenvalue weighted by Gasteiger charge is 2.17. The SMILES string of the molecule is Cc1nc(-c2ccc(S(=O)(=O)Nc3ccc4c(c3)oc(=O)n4C)cc2)c(C)o1. The van der Waals surface area contributed by atoms with Gasteiger partial charge in [-0.05, 0) is 31.2 Å². The average Bonchev–Trinajstić information content (AvgIpc) is 3.13. The predicted octanol–water partition coefficient (Wildman–Crippen LogP) is 3.20. The summed E-state index contributed by atoms with van der Waals surface area (Å²) in [6.07, 6.45) is 0. The number of hydrogen-bond donors (Lipinski definition) is 1. The van der Waals surface area contributed by atoms with Gasteiger partial charge in [0.25, 0.3) is 10.0 Å². The van der Waals surface area contributed by atoms with E-state index in [-0.39, 0.29) is 4.90 Å². The lowest BCUT2D eigenvalue weighted by molar-refractivity contribution is 0.495. The summed E-state index contributed by atoms with van der Waals surface area (Å²) in [7, 11) is -2.23. The first-order valence-corrected chi connectivity index (χ1v) is 9.90. The second kappa shape index (κ2) is 6.38. The topological polar surface area (TPSA) is 107 Å². The summed E-state index contributed by atoms with van der Waals surface area (Å²) < 4.78 is 39.7. The van der Waals surface area contributed by atoms with Gasteiger partial charge in [-0.2, -0.15) is 0 Å². The molecule has 2 heterocycles. The van der Waals surface area contributed by atoms with Crippen molar-refractivity contribution >= 4 is 26.8 Å². The van der Waals surface area contributed by atoms with Crippen molar-refractivity contribution in [1.29, 1.82) is 0 Å². The van der Waals surface area contributed by atoms with Crippen molar-refractivity contribution < 1.29 is 17.3 Å². The van der Waals surface area contributed by atoms with Crippen LogP contribution in [0.15, 0.2) is 61.0 Å². The Labute approximate surface area is 160 Å². The molecule has 9 heteroatoms. The zero-order chi connectivity index (χ0) is 20.1. The van der Waals surface area contributed by atoms with Crippen molar-refractivity contribution in [2.45, 2.75) is 18.7 Å². The number of benzene rings is 2. The second-order valence-electron chi connectivity index (χ2n) is 6.38. The molecule has 8 nitrogen and oxygen atoms in total. The van der Waals surface area contributed by atoms with Gasteiger partial charge in [-0.3, -0.25) is 9.29 Å². The van der Waals surface area contributed by atoms with Crippen LogP contribution in [0.1, 0.15) is 11.7 Å². The number of anilines is 1. The molecule has 28 heavy (non-hydrogen) atoms. The van der Waals surface area contributed by atoms with Crippen LogP contribution in [0.4, 0.5) is 5.69 Å². The minimum absolute atomic E-state index is 0.101. The fourth-order valence-electron chi connectivity index (χ4n) is 3.00. The van der Waals surface area contributed by atoms with Crippen molar-refractivity contribution in [3.05, 3.63) is 64.7 Å². The maximum atomic E-state index is 12.7. The maximum Gasteiger partial charge on any atom is 0.419 e. The van der Waals surface area contributed by atoms with Crippen LogP contribution in [0.3, 0.4) is 0 Å². The van der Waals surface area contributed by atoms with Gasteiger partial charge in [0.2, 0.25) is 0 Å². The fraction of sp³-hybridized carbons (Fsp3) is 0.158. The highest BCUT2D eigenvalue weighted by Crippen LogP contribution is 2.26. The summed E-state index contributed by atoms with van der Waals surface area (Å²) in [5.41, 5.74) is 2.63. The number of oxazole rings is 2. The fourth-order valence-corrected chi connectivity index (χ4v) is 4.05. The molecule has 0 aliphatic carbocycles.